The highest BCUT2D eigenvalue weighted by atomic mass is 35.5. The summed E-state index contributed by atoms with van der Waals surface area (Å²) < 4.78 is 0. The first-order valence-electron chi connectivity index (χ1n) is 5.45. The summed E-state index contributed by atoms with van der Waals surface area (Å²) in [7, 11) is 0. The summed E-state index contributed by atoms with van der Waals surface area (Å²) in [5, 5.41) is 0.559. The lowest BCUT2D eigenvalue weighted by Crippen LogP contribution is -1.84. The molecule has 3 heteroatoms. The lowest BCUT2D eigenvalue weighted by molar-refractivity contribution is 1.25. The molecule has 0 amide bonds. The van der Waals surface area contributed by atoms with Crippen LogP contribution in [0.25, 0.3) is 0 Å². The Hall–Kier alpha value is -0.990. The van der Waals surface area contributed by atoms with Crippen molar-refractivity contribution >= 4 is 23.4 Å². The SMILES string of the molecule is Cc1ccc(SCc2ccnc(Cl)c2)cc1C. The fourth-order valence-corrected chi connectivity index (χ4v) is 2.64. The van der Waals surface area contributed by atoms with Crippen molar-refractivity contribution in [1.82, 2.24) is 4.98 Å². The summed E-state index contributed by atoms with van der Waals surface area (Å²) in [5.41, 5.74) is 3.87. The molecule has 0 atom stereocenters. The van der Waals surface area contributed by atoms with Gasteiger partial charge in [-0.15, -0.1) is 11.8 Å². The molecule has 2 rings (SSSR count). The number of pyridine rings is 1. The van der Waals surface area contributed by atoms with Crippen LogP contribution in [0, 0.1) is 13.8 Å². The van der Waals surface area contributed by atoms with Gasteiger partial charge in [0.15, 0.2) is 0 Å². The second-order valence-corrected chi connectivity index (χ2v) is 5.46. The summed E-state index contributed by atoms with van der Waals surface area (Å²) >= 11 is 7.67. The van der Waals surface area contributed by atoms with E-state index in [1.165, 1.54) is 21.6 Å². The number of halogens is 1. The van der Waals surface area contributed by atoms with Crippen molar-refractivity contribution in [2.24, 2.45) is 0 Å². The van der Waals surface area contributed by atoms with E-state index in [-0.39, 0.29) is 0 Å². The number of benzene rings is 1. The molecular formula is C14H14ClNS. The van der Waals surface area contributed by atoms with Gasteiger partial charge in [-0.25, -0.2) is 4.98 Å². The molecule has 0 unspecified atom stereocenters. The van der Waals surface area contributed by atoms with Crippen molar-refractivity contribution in [2.45, 2.75) is 24.5 Å². The zero-order valence-electron chi connectivity index (χ0n) is 9.90. The summed E-state index contributed by atoms with van der Waals surface area (Å²) in [4.78, 5) is 5.27. The van der Waals surface area contributed by atoms with Gasteiger partial charge < -0.3 is 0 Å². The fraction of sp³-hybridized carbons (Fsp3) is 0.214. The summed E-state index contributed by atoms with van der Waals surface area (Å²) in [6.07, 6.45) is 1.75. The predicted molar refractivity (Wildman–Crippen MR) is 74.7 cm³/mol. The predicted octanol–water partition coefficient (Wildman–Crippen LogP) is 4.64. The molecule has 0 bridgehead atoms. The topological polar surface area (TPSA) is 12.9 Å². The van der Waals surface area contributed by atoms with E-state index in [1.807, 2.05) is 23.9 Å². The lowest BCUT2D eigenvalue weighted by atomic mass is 10.1. The Morgan fingerprint density at radius 1 is 1.12 bits per heavy atom. The van der Waals surface area contributed by atoms with Crippen LogP contribution in [0.2, 0.25) is 5.15 Å². The second-order valence-electron chi connectivity index (χ2n) is 4.02. The van der Waals surface area contributed by atoms with Gasteiger partial charge in [0.1, 0.15) is 5.15 Å². The van der Waals surface area contributed by atoms with Gasteiger partial charge in [0.05, 0.1) is 0 Å². The quantitative estimate of drug-likeness (QED) is 0.591. The maximum absolute atomic E-state index is 5.85. The van der Waals surface area contributed by atoms with Crippen molar-refractivity contribution in [3.63, 3.8) is 0 Å². The standard InChI is InChI=1S/C14H14ClNS/c1-10-3-4-13(7-11(10)2)17-9-12-5-6-16-14(15)8-12/h3-8H,9H2,1-2H3. The van der Waals surface area contributed by atoms with E-state index < -0.39 is 0 Å². The van der Waals surface area contributed by atoms with Crippen molar-refractivity contribution in [1.29, 1.82) is 0 Å². The molecule has 1 aromatic heterocycles. The molecule has 0 saturated carbocycles. The van der Waals surface area contributed by atoms with Gasteiger partial charge in [-0.2, -0.15) is 0 Å². The van der Waals surface area contributed by atoms with E-state index >= 15 is 0 Å². The van der Waals surface area contributed by atoms with Crippen molar-refractivity contribution < 1.29 is 0 Å². The smallest absolute Gasteiger partial charge is 0.129 e. The zero-order chi connectivity index (χ0) is 12.3. The molecule has 0 saturated heterocycles. The van der Waals surface area contributed by atoms with Crippen LogP contribution in [0.1, 0.15) is 16.7 Å². The third-order valence-corrected chi connectivity index (χ3v) is 3.95. The summed E-state index contributed by atoms with van der Waals surface area (Å²) in [6.45, 7) is 4.27. The molecule has 1 aromatic carbocycles. The third kappa shape index (κ3) is 3.48. The van der Waals surface area contributed by atoms with Crippen molar-refractivity contribution in [3.8, 4) is 0 Å². The monoisotopic (exact) mass is 263 g/mol. The largest absolute Gasteiger partial charge is 0.245 e. The minimum absolute atomic E-state index is 0.559. The molecule has 0 N–H and O–H groups in total. The summed E-state index contributed by atoms with van der Waals surface area (Å²) in [6, 6.07) is 10.5. The van der Waals surface area contributed by atoms with E-state index in [0.717, 1.165) is 5.75 Å². The Labute approximate surface area is 111 Å². The summed E-state index contributed by atoms with van der Waals surface area (Å²) in [5.74, 6) is 0.921. The molecule has 1 heterocycles. The zero-order valence-corrected chi connectivity index (χ0v) is 11.5. The minimum atomic E-state index is 0.559. The Morgan fingerprint density at radius 3 is 2.65 bits per heavy atom. The van der Waals surface area contributed by atoms with Crippen LogP contribution in [0.15, 0.2) is 41.4 Å². The first kappa shape index (κ1) is 12.5. The molecule has 2 aromatic rings. The average molecular weight is 264 g/mol. The molecule has 88 valence electrons. The molecular weight excluding hydrogens is 250 g/mol. The Balaban J connectivity index is 2.05. The number of thioether (sulfide) groups is 1. The molecule has 0 fully saturated rings. The molecule has 17 heavy (non-hydrogen) atoms. The van der Waals surface area contributed by atoms with Gasteiger partial charge in [0.25, 0.3) is 0 Å². The highest BCUT2D eigenvalue weighted by molar-refractivity contribution is 7.98. The van der Waals surface area contributed by atoms with Crippen LogP contribution in [0.4, 0.5) is 0 Å². The van der Waals surface area contributed by atoms with Crippen LogP contribution >= 0.6 is 23.4 Å². The van der Waals surface area contributed by atoms with E-state index in [0.29, 0.717) is 5.15 Å². The van der Waals surface area contributed by atoms with Crippen molar-refractivity contribution in [3.05, 3.63) is 58.4 Å². The van der Waals surface area contributed by atoms with Crippen LogP contribution in [-0.2, 0) is 5.75 Å². The van der Waals surface area contributed by atoms with E-state index in [2.05, 4.69) is 37.0 Å². The normalized spacial score (nSPS) is 10.5. The van der Waals surface area contributed by atoms with Crippen LogP contribution in [0.3, 0.4) is 0 Å². The number of aryl methyl sites for hydroxylation is 2. The molecule has 1 nitrogen and oxygen atoms in total. The van der Waals surface area contributed by atoms with Gasteiger partial charge >= 0.3 is 0 Å². The number of aromatic nitrogens is 1. The number of hydrogen-bond donors (Lipinski definition) is 0. The number of rotatable bonds is 3. The van der Waals surface area contributed by atoms with E-state index in [4.69, 9.17) is 11.6 Å². The lowest BCUT2D eigenvalue weighted by Gasteiger charge is -2.05. The fourth-order valence-electron chi connectivity index (χ4n) is 1.50. The number of nitrogens with zero attached hydrogens (tertiary/aromatic N) is 1. The van der Waals surface area contributed by atoms with Crippen LogP contribution in [0.5, 0.6) is 0 Å². The average Bonchev–Trinajstić information content (AvgIpc) is 2.31. The molecule has 0 radical (unpaired) electrons. The minimum Gasteiger partial charge on any atom is -0.245 e. The highest BCUT2D eigenvalue weighted by Gasteiger charge is 1.99. The molecule has 0 aliphatic heterocycles. The molecule has 0 aliphatic rings. The van der Waals surface area contributed by atoms with Crippen LogP contribution in [-0.4, -0.2) is 4.98 Å². The number of hydrogen-bond acceptors (Lipinski definition) is 2. The maximum atomic E-state index is 5.85. The Bertz CT molecular complexity index is 525. The van der Waals surface area contributed by atoms with Gasteiger partial charge in [-0.3, -0.25) is 0 Å². The Kier molecular flexibility index (Phi) is 4.08. The maximum Gasteiger partial charge on any atom is 0.129 e. The van der Waals surface area contributed by atoms with E-state index in [1.54, 1.807) is 6.20 Å². The second kappa shape index (κ2) is 5.56. The first-order valence-corrected chi connectivity index (χ1v) is 6.82. The van der Waals surface area contributed by atoms with Gasteiger partial charge in [-0.1, -0.05) is 17.7 Å². The van der Waals surface area contributed by atoms with E-state index in [9.17, 15) is 0 Å². The van der Waals surface area contributed by atoms with Gasteiger partial charge in [0.2, 0.25) is 0 Å². The Morgan fingerprint density at radius 2 is 1.94 bits per heavy atom. The highest BCUT2D eigenvalue weighted by Crippen LogP contribution is 2.25. The first-order chi connectivity index (χ1) is 8.15. The van der Waals surface area contributed by atoms with Crippen LogP contribution < -0.4 is 0 Å². The van der Waals surface area contributed by atoms with Gasteiger partial charge in [0, 0.05) is 16.8 Å². The molecule has 0 spiro atoms. The van der Waals surface area contributed by atoms with Gasteiger partial charge in [-0.05, 0) is 54.8 Å². The third-order valence-electron chi connectivity index (χ3n) is 2.67. The molecule has 0 aliphatic carbocycles. The van der Waals surface area contributed by atoms with Crippen molar-refractivity contribution in [2.75, 3.05) is 0 Å².